The first-order valence-electron chi connectivity index (χ1n) is 9.47. The normalized spacial score (nSPS) is 14.4. The van der Waals surface area contributed by atoms with E-state index in [1.165, 1.54) is 83.6 Å². The first-order valence-corrected chi connectivity index (χ1v) is 9.47. The molecule has 122 valence electrons. The molecule has 0 bridgehead atoms. The van der Waals surface area contributed by atoms with Gasteiger partial charge in [-0.3, -0.25) is 0 Å². The fourth-order valence-electron chi connectivity index (χ4n) is 2.83. The van der Waals surface area contributed by atoms with Crippen molar-refractivity contribution in [2.75, 3.05) is 6.54 Å². The third-order valence-electron chi connectivity index (χ3n) is 4.47. The molecule has 0 saturated carbocycles. The lowest BCUT2D eigenvalue weighted by molar-refractivity contribution is 0.366. The lowest BCUT2D eigenvalue weighted by Crippen LogP contribution is -2.31. The fraction of sp³-hybridized carbons (Fsp3) is 1.00. The van der Waals surface area contributed by atoms with Gasteiger partial charge < -0.3 is 5.32 Å². The van der Waals surface area contributed by atoms with Gasteiger partial charge in [-0.05, 0) is 31.7 Å². The molecular weight excluding hydrogens is 242 g/mol. The van der Waals surface area contributed by atoms with Crippen LogP contribution in [0.15, 0.2) is 0 Å². The number of unbranched alkanes of at least 4 members (excludes halogenated alkanes) is 7. The zero-order valence-electron chi connectivity index (χ0n) is 14.8. The summed E-state index contributed by atoms with van der Waals surface area (Å²) in [7, 11) is 0. The molecule has 0 aromatic carbocycles. The van der Waals surface area contributed by atoms with Crippen molar-refractivity contribution in [3.8, 4) is 0 Å². The van der Waals surface area contributed by atoms with Crippen LogP contribution < -0.4 is 5.32 Å². The van der Waals surface area contributed by atoms with Crippen molar-refractivity contribution in [1.82, 2.24) is 5.32 Å². The van der Waals surface area contributed by atoms with Crippen molar-refractivity contribution in [3.63, 3.8) is 0 Å². The predicted molar refractivity (Wildman–Crippen MR) is 93.4 cm³/mol. The van der Waals surface area contributed by atoms with E-state index in [1.807, 2.05) is 0 Å². The van der Waals surface area contributed by atoms with Crippen LogP contribution in [0.1, 0.15) is 105 Å². The highest BCUT2D eigenvalue weighted by Gasteiger charge is 2.11. The van der Waals surface area contributed by atoms with Crippen molar-refractivity contribution >= 4 is 0 Å². The van der Waals surface area contributed by atoms with E-state index in [0.29, 0.717) is 0 Å². The van der Waals surface area contributed by atoms with E-state index >= 15 is 0 Å². The van der Waals surface area contributed by atoms with Crippen LogP contribution in [0.2, 0.25) is 0 Å². The van der Waals surface area contributed by atoms with Crippen LogP contribution in [0.25, 0.3) is 0 Å². The van der Waals surface area contributed by atoms with Gasteiger partial charge in [0.05, 0.1) is 0 Å². The molecule has 0 heterocycles. The zero-order valence-corrected chi connectivity index (χ0v) is 14.8. The molecule has 20 heavy (non-hydrogen) atoms. The molecule has 0 aliphatic rings. The molecule has 2 unspecified atom stereocenters. The summed E-state index contributed by atoms with van der Waals surface area (Å²) in [6, 6.07) is 0.769. The summed E-state index contributed by atoms with van der Waals surface area (Å²) in [5.41, 5.74) is 0. The van der Waals surface area contributed by atoms with Crippen LogP contribution >= 0.6 is 0 Å². The maximum absolute atomic E-state index is 3.75. The minimum Gasteiger partial charge on any atom is -0.314 e. The number of hydrogen-bond donors (Lipinski definition) is 1. The van der Waals surface area contributed by atoms with E-state index in [-0.39, 0.29) is 0 Å². The Morgan fingerprint density at radius 1 is 0.750 bits per heavy atom. The van der Waals surface area contributed by atoms with E-state index in [2.05, 4.69) is 33.0 Å². The van der Waals surface area contributed by atoms with Crippen LogP contribution in [0.3, 0.4) is 0 Å². The summed E-state index contributed by atoms with van der Waals surface area (Å²) in [6.45, 7) is 10.5. The average molecular weight is 284 g/mol. The maximum atomic E-state index is 3.75. The largest absolute Gasteiger partial charge is 0.314 e. The second kappa shape index (κ2) is 15.4. The molecule has 1 nitrogen and oxygen atoms in total. The Balaban J connectivity index is 3.57. The monoisotopic (exact) mass is 283 g/mol. The Hall–Kier alpha value is -0.0400. The molecule has 0 aromatic heterocycles. The van der Waals surface area contributed by atoms with E-state index in [1.54, 1.807) is 0 Å². The molecule has 0 aliphatic heterocycles. The standard InChI is InChI=1S/C19H41N/c1-5-8-9-10-11-12-13-14-15-19(20-16-6-2)17-18(4)7-3/h18-20H,5-17H2,1-4H3. The van der Waals surface area contributed by atoms with Gasteiger partial charge in [0.15, 0.2) is 0 Å². The number of rotatable bonds is 15. The smallest absolute Gasteiger partial charge is 0.00695 e. The number of hydrogen-bond acceptors (Lipinski definition) is 1. The van der Waals surface area contributed by atoms with E-state index in [4.69, 9.17) is 0 Å². The van der Waals surface area contributed by atoms with Gasteiger partial charge in [0.25, 0.3) is 0 Å². The zero-order chi connectivity index (χ0) is 15.1. The quantitative estimate of drug-likeness (QED) is 0.347. The van der Waals surface area contributed by atoms with Crippen molar-refractivity contribution in [3.05, 3.63) is 0 Å². The third kappa shape index (κ3) is 13.0. The summed E-state index contributed by atoms with van der Waals surface area (Å²) in [4.78, 5) is 0. The fourth-order valence-corrected chi connectivity index (χ4v) is 2.83. The average Bonchev–Trinajstić information content (AvgIpc) is 2.46. The molecule has 1 N–H and O–H groups in total. The van der Waals surface area contributed by atoms with Crippen molar-refractivity contribution < 1.29 is 0 Å². The highest BCUT2D eigenvalue weighted by atomic mass is 14.9. The first kappa shape index (κ1) is 20.0. The van der Waals surface area contributed by atoms with Gasteiger partial charge in [-0.1, -0.05) is 85.5 Å². The molecule has 0 fully saturated rings. The van der Waals surface area contributed by atoms with E-state index < -0.39 is 0 Å². The Bertz CT molecular complexity index is 179. The van der Waals surface area contributed by atoms with Gasteiger partial charge in [-0.15, -0.1) is 0 Å². The molecular formula is C19H41N. The van der Waals surface area contributed by atoms with Crippen molar-refractivity contribution in [2.24, 2.45) is 5.92 Å². The van der Waals surface area contributed by atoms with E-state index in [0.717, 1.165) is 12.0 Å². The van der Waals surface area contributed by atoms with Crippen LogP contribution in [0.5, 0.6) is 0 Å². The van der Waals surface area contributed by atoms with Crippen LogP contribution in [0, 0.1) is 5.92 Å². The van der Waals surface area contributed by atoms with Crippen LogP contribution in [-0.4, -0.2) is 12.6 Å². The highest BCUT2D eigenvalue weighted by molar-refractivity contribution is 4.69. The second-order valence-corrected chi connectivity index (χ2v) is 6.66. The molecule has 0 radical (unpaired) electrons. The minimum absolute atomic E-state index is 0.769. The van der Waals surface area contributed by atoms with Crippen molar-refractivity contribution in [2.45, 2.75) is 111 Å². The van der Waals surface area contributed by atoms with Gasteiger partial charge in [0, 0.05) is 6.04 Å². The Morgan fingerprint density at radius 2 is 1.35 bits per heavy atom. The summed E-state index contributed by atoms with van der Waals surface area (Å²) in [5, 5.41) is 3.75. The molecule has 0 rings (SSSR count). The maximum Gasteiger partial charge on any atom is 0.00695 e. The second-order valence-electron chi connectivity index (χ2n) is 6.66. The molecule has 0 aromatic rings. The molecule has 0 amide bonds. The summed E-state index contributed by atoms with van der Waals surface area (Å²) in [6.07, 6.45) is 16.8. The SMILES string of the molecule is CCCCCCCCCCC(CC(C)CC)NCCC. The topological polar surface area (TPSA) is 12.0 Å². The number of nitrogens with one attached hydrogen (secondary N) is 1. The third-order valence-corrected chi connectivity index (χ3v) is 4.47. The molecule has 0 aliphatic carbocycles. The lowest BCUT2D eigenvalue weighted by atomic mass is 9.95. The van der Waals surface area contributed by atoms with Crippen molar-refractivity contribution in [1.29, 1.82) is 0 Å². The van der Waals surface area contributed by atoms with Gasteiger partial charge in [0.1, 0.15) is 0 Å². The van der Waals surface area contributed by atoms with Gasteiger partial charge in [0.2, 0.25) is 0 Å². The van der Waals surface area contributed by atoms with Gasteiger partial charge in [-0.2, -0.15) is 0 Å². The predicted octanol–water partition coefficient (Wildman–Crippen LogP) is 6.32. The highest BCUT2D eigenvalue weighted by Crippen LogP contribution is 2.16. The van der Waals surface area contributed by atoms with E-state index in [9.17, 15) is 0 Å². The lowest BCUT2D eigenvalue weighted by Gasteiger charge is -2.21. The molecule has 0 saturated heterocycles. The van der Waals surface area contributed by atoms with Crippen LogP contribution in [-0.2, 0) is 0 Å². The first-order chi connectivity index (χ1) is 9.74. The molecule has 2 atom stereocenters. The van der Waals surface area contributed by atoms with Gasteiger partial charge in [-0.25, -0.2) is 0 Å². The Labute approximate surface area is 129 Å². The summed E-state index contributed by atoms with van der Waals surface area (Å²) >= 11 is 0. The summed E-state index contributed by atoms with van der Waals surface area (Å²) in [5.74, 6) is 0.874. The van der Waals surface area contributed by atoms with Gasteiger partial charge >= 0.3 is 0 Å². The minimum atomic E-state index is 0.769. The Kier molecular flexibility index (Phi) is 15.3. The Morgan fingerprint density at radius 3 is 1.90 bits per heavy atom. The molecule has 1 heteroatoms. The van der Waals surface area contributed by atoms with Crippen LogP contribution in [0.4, 0.5) is 0 Å². The molecule has 0 spiro atoms. The summed E-state index contributed by atoms with van der Waals surface area (Å²) < 4.78 is 0.